The summed E-state index contributed by atoms with van der Waals surface area (Å²) in [6.07, 6.45) is -3.70. The van der Waals surface area contributed by atoms with Crippen LogP contribution in [0.15, 0.2) is 42.6 Å². The molecule has 134 valence electrons. The van der Waals surface area contributed by atoms with E-state index in [9.17, 15) is 22.4 Å². The number of alkyl halides is 3. The number of carbonyl (C=O) groups is 1. The quantitative estimate of drug-likeness (QED) is 0.655. The van der Waals surface area contributed by atoms with Crippen LogP contribution < -0.4 is 5.32 Å². The SMILES string of the molecule is Cc1sc(NC(=O)c2ccc(C(F)(F)F)nc2)nc1-c1ccc(F)cc1. The summed E-state index contributed by atoms with van der Waals surface area (Å²) in [6, 6.07) is 7.55. The van der Waals surface area contributed by atoms with E-state index in [-0.39, 0.29) is 16.5 Å². The molecule has 0 bridgehead atoms. The highest BCUT2D eigenvalue weighted by Crippen LogP contribution is 2.31. The molecule has 0 saturated heterocycles. The lowest BCUT2D eigenvalue weighted by Crippen LogP contribution is -2.14. The Bertz CT molecular complexity index is 934. The van der Waals surface area contributed by atoms with Gasteiger partial charge in [-0.25, -0.2) is 9.37 Å². The molecule has 0 atom stereocenters. The van der Waals surface area contributed by atoms with Crippen LogP contribution in [0.5, 0.6) is 0 Å². The number of halogens is 4. The van der Waals surface area contributed by atoms with Crippen molar-refractivity contribution in [2.45, 2.75) is 13.1 Å². The molecule has 26 heavy (non-hydrogen) atoms. The Morgan fingerprint density at radius 3 is 2.38 bits per heavy atom. The molecule has 2 aromatic heterocycles. The first kappa shape index (κ1) is 18.0. The second-order valence-corrected chi connectivity index (χ2v) is 6.52. The molecule has 1 aromatic carbocycles. The number of anilines is 1. The van der Waals surface area contributed by atoms with Gasteiger partial charge in [0.2, 0.25) is 0 Å². The summed E-state index contributed by atoms with van der Waals surface area (Å²) < 4.78 is 50.5. The van der Waals surface area contributed by atoms with Gasteiger partial charge >= 0.3 is 6.18 Å². The fraction of sp³-hybridized carbons (Fsp3) is 0.118. The first-order valence-electron chi connectivity index (χ1n) is 7.32. The molecule has 9 heteroatoms. The maximum atomic E-state index is 13.0. The van der Waals surface area contributed by atoms with Crippen LogP contribution >= 0.6 is 11.3 Å². The van der Waals surface area contributed by atoms with Crippen LogP contribution in [0.25, 0.3) is 11.3 Å². The summed E-state index contributed by atoms with van der Waals surface area (Å²) in [7, 11) is 0. The van der Waals surface area contributed by atoms with Gasteiger partial charge in [-0.2, -0.15) is 13.2 Å². The van der Waals surface area contributed by atoms with E-state index in [4.69, 9.17) is 0 Å². The second kappa shape index (κ2) is 6.83. The predicted octanol–water partition coefficient (Wildman–Crippen LogP) is 4.92. The monoisotopic (exact) mass is 381 g/mol. The third kappa shape index (κ3) is 3.88. The van der Waals surface area contributed by atoms with E-state index in [2.05, 4.69) is 15.3 Å². The second-order valence-electron chi connectivity index (χ2n) is 5.31. The number of benzene rings is 1. The van der Waals surface area contributed by atoms with E-state index in [1.54, 1.807) is 19.1 Å². The predicted molar refractivity (Wildman–Crippen MR) is 89.4 cm³/mol. The number of aromatic nitrogens is 2. The van der Waals surface area contributed by atoms with Gasteiger partial charge in [-0.1, -0.05) is 0 Å². The zero-order chi connectivity index (χ0) is 18.9. The van der Waals surface area contributed by atoms with E-state index >= 15 is 0 Å². The van der Waals surface area contributed by atoms with E-state index in [0.717, 1.165) is 23.2 Å². The van der Waals surface area contributed by atoms with Gasteiger partial charge in [0.1, 0.15) is 11.5 Å². The summed E-state index contributed by atoms with van der Waals surface area (Å²) in [5.74, 6) is -0.990. The molecule has 3 rings (SSSR count). The largest absolute Gasteiger partial charge is 0.433 e. The summed E-state index contributed by atoms with van der Waals surface area (Å²) in [5, 5.41) is 2.82. The molecule has 3 aromatic rings. The molecule has 0 saturated carbocycles. The summed E-state index contributed by atoms with van der Waals surface area (Å²) in [4.78, 5) is 20.5. The molecule has 0 aliphatic rings. The fourth-order valence-corrected chi connectivity index (χ4v) is 3.02. The number of nitrogens with one attached hydrogen (secondary N) is 1. The van der Waals surface area contributed by atoms with E-state index in [0.29, 0.717) is 11.3 Å². The van der Waals surface area contributed by atoms with Gasteiger partial charge in [0, 0.05) is 16.6 Å². The number of carbonyl (C=O) groups excluding carboxylic acids is 1. The fourth-order valence-electron chi connectivity index (χ4n) is 2.19. The van der Waals surface area contributed by atoms with Crippen molar-refractivity contribution in [2.75, 3.05) is 5.32 Å². The van der Waals surface area contributed by atoms with Gasteiger partial charge in [-0.3, -0.25) is 15.1 Å². The summed E-state index contributed by atoms with van der Waals surface area (Å²) in [6.45, 7) is 1.80. The third-order valence-electron chi connectivity index (χ3n) is 3.45. The first-order chi connectivity index (χ1) is 12.2. The van der Waals surface area contributed by atoms with E-state index in [1.165, 1.54) is 23.5 Å². The van der Waals surface area contributed by atoms with Gasteiger partial charge in [-0.15, -0.1) is 11.3 Å². The van der Waals surface area contributed by atoms with Crippen molar-refractivity contribution >= 4 is 22.4 Å². The third-order valence-corrected chi connectivity index (χ3v) is 4.34. The van der Waals surface area contributed by atoms with E-state index in [1.807, 2.05) is 0 Å². The zero-order valence-corrected chi connectivity index (χ0v) is 14.1. The lowest BCUT2D eigenvalue weighted by Gasteiger charge is -2.06. The minimum atomic E-state index is -4.56. The lowest BCUT2D eigenvalue weighted by atomic mass is 10.1. The van der Waals surface area contributed by atoms with Crippen molar-refractivity contribution in [1.82, 2.24) is 9.97 Å². The number of nitrogens with zero attached hydrogens (tertiary/aromatic N) is 2. The molecule has 0 unspecified atom stereocenters. The average Bonchev–Trinajstić information content (AvgIpc) is 2.95. The average molecular weight is 381 g/mol. The highest BCUT2D eigenvalue weighted by Gasteiger charge is 2.32. The van der Waals surface area contributed by atoms with Crippen LogP contribution in [0.2, 0.25) is 0 Å². The number of hydrogen-bond donors (Lipinski definition) is 1. The molecule has 1 N–H and O–H groups in total. The normalized spacial score (nSPS) is 11.4. The van der Waals surface area contributed by atoms with Crippen molar-refractivity contribution in [3.8, 4) is 11.3 Å². The van der Waals surface area contributed by atoms with Crippen LogP contribution in [0, 0.1) is 12.7 Å². The van der Waals surface area contributed by atoms with Gasteiger partial charge in [-0.05, 0) is 43.3 Å². The molecular weight excluding hydrogens is 370 g/mol. The first-order valence-corrected chi connectivity index (χ1v) is 8.13. The Labute approximate surface area is 149 Å². The van der Waals surface area contributed by atoms with E-state index < -0.39 is 17.8 Å². The Kier molecular flexibility index (Phi) is 4.73. The van der Waals surface area contributed by atoms with Gasteiger partial charge < -0.3 is 0 Å². The van der Waals surface area contributed by atoms with Crippen LogP contribution in [0.3, 0.4) is 0 Å². The molecule has 0 aliphatic carbocycles. The van der Waals surface area contributed by atoms with Crippen molar-refractivity contribution in [3.05, 3.63) is 64.5 Å². The number of amides is 1. The molecule has 0 aliphatic heterocycles. The zero-order valence-electron chi connectivity index (χ0n) is 13.3. The topological polar surface area (TPSA) is 54.9 Å². The summed E-state index contributed by atoms with van der Waals surface area (Å²) in [5.41, 5.74) is 0.194. The number of pyridine rings is 1. The molecule has 1 amide bonds. The number of aryl methyl sites for hydroxylation is 1. The van der Waals surface area contributed by atoms with Crippen LogP contribution in [-0.4, -0.2) is 15.9 Å². The maximum absolute atomic E-state index is 13.0. The van der Waals surface area contributed by atoms with Gasteiger partial charge in [0.15, 0.2) is 5.13 Å². The Balaban J connectivity index is 1.78. The highest BCUT2D eigenvalue weighted by atomic mass is 32.1. The molecular formula is C17H11F4N3OS. The Morgan fingerprint density at radius 2 is 1.81 bits per heavy atom. The number of hydrogen-bond acceptors (Lipinski definition) is 4. The molecule has 2 heterocycles. The van der Waals surface area contributed by atoms with Gasteiger partial charge in [0.05, 0.1) is 11.3 Å². The molecule has 0 spiro atoms. The lowest BCUT2D eigenvalue weighted by molar-refractivity contribution is -0.141. The van der Waals surface area contributed by atoms with Crippen molar-refractivity contribution in [2.24, 2.45) is 0 Å². The van der Waals surface area contributed by atoms with Gasteiger partial charge in [0.25, 0.3) is 5.91 Å². The van der Waals surface area contributed by atoms with Crippen molar-refractivity contribution < 1.29 is 22.4 Å². The molecule has 4 nitrogen and oxygen atoms in total. The minimum Gasteiger partial charge on any atom is -0.298 e. The molecule has 0 fully saturated rings. The summed E-state index contributed by atoms with van der Waals surface area (Å²) >= 11 is 1.21. The van der Waals surface area contributed by atoms with Crippen LogP contribution in [-0.2, 0) is 6.18 Å². The van der Waals surface area contributed by atoms with Crippen molar-refractivity contribution in [1.29, 1.82) is 0 Å². The Hall–Kier alpha value is -2.81. The Morgan fingerprint density at radius 1 is 1.12 bits per heavy atom. The van der Waals surface area contributed by atoms with Crippen LogP contribution in [0.1, 0.15) is 20.9 Å². The number of rotatable bonds is 3. The maximum Gasteiger partial charge on any atom is 0.433 e. The minimum absolute atomic E-state index is 0.0193. The molecule has 0 radical (unpaired) electrons. The highest BCUT2D eigenvalue weighted by molar-refractivity contribution is 7.16. The standard InChI is InChI=1S/C17H11F4N3OS/c1-9-14(10-2-5-12(18)6-3-10)23-16(26-9)24-15(25)11-4-7-13(22-8-11)17(19,20)21/h2-8H,1H3,(H,23,24,25). The van der Waals surface area contributed by atoms with Crippen LogP contribution in [0.4, 0.5) is 22.7 Å². The smallest absolute Gasteiger partial charge is 0.298 e. The van der Waals surface area contributed by atoms with Crippen molar-refractivity contribution in [3.63, 3.8) is 0 Å². The number of thiazole rings is 1.